The molecule has 0 spiro atoms. The van der Waals surface area contributed by atoms with Crippen molar-refractivity contribution in [2.45, 2.75) is 27.2 Å². The number of aryl methyl sites for hydroxylation is 2. The summed E-state index contributed by atoms with van der Waals surface area (Å²) in [6.07, 6.45) is -0.0775. The van der Waals surface area contributed by atoms with Crippen LogP contribution >= 0.6 is 11.6 Å². The Balaban J connectivity index is 2.07. The maximum Gasteiger partial charge on any atom is 0.254 e. The molecule has 1 heterocycles. The Morgan fingerprint density at radius 3 is 2.57 bits per heavy atom. The van der Waals surface area contributed by atoms with Crippen LogP contribution in [0.4, 0.5) is 0 Å². The van der Waals surface area contributed by atoms with Crippen molar-refractivity contribution in [2.75, 3.05) is 0 Å². The van der Waals surface area contributed by atoms with Gasteiger partial charge < -0.3 is 4.98 Å². The number of nitrogens with one attached hydrogen (secondary N) is 2. The van der Waals surface area contributed by atoms with Crippen LogP contribution in [0.1, 0.15) is 29.6 Å². The quantitative estimate of drug-likeness (QED) is 0.664. The van der Waals surface area contributed by atoms with Gasteiger partial charge in [-0.05, 0) is 38.5 Å². The van der Waals surface area contributed by atoms with Crippen LogP contribution in [0.25, 0.3) is 0 Å². The third-order valence-corrected chi connectivity index (χ3v) is 3.54. The fraction of sp³-hybridized carbons (Fsp3) is 0.250. The molecule has 2 N–H and O–H groups in total. The lowest BCUT2D eigenvalue weighted by molar-refractivity contribution is -0.120. The first kappa shape index (κ1) is 16.9. The van der Waals surface area contributed by atoms with E-state index in [0.717, 1.165) is 5.56 Å². The third-order valence-electron chi connectivity index (χ3n) is 3.29. The van der Waals surface area contributed by atoms with Gasteiger partial charge in [-0.3, -0.25) is 9.59 Å². The molecule has 2 rings (SSSR count). The fourth-order valence-electron chi connectivity index (χ4n) is 2.06. The number of hydrazone groups is 1. The molecule has 0 aliphatic heterocycles. The largest absolute Gasteiger partial charge is 0.311 e. The maximum absolute atomic E-state index is 12.0. The van der Waals surface area contributed by atoms with Gasteiger partial charge in [0.05, 0.1) is 12.1 Å². The van der Waals surface area contributed by atoms with Gasteiger partial charge in [-0.1, -0.05) is 23.7 Å². The standard InChI is InChI=1S/C16H17ClN4O2/c1-9(12-4-6-13(17)7-5-12)20-21-15(22)8-14-10(2)18-11(3)19-16(14)23/h4-7H,8H2,1-3H3,(H,21,22)(H,18,19,23). The molecule has 0 bridgehead atoms. The van der Waals surface area contributed by atoms with E-state index >= 15 is 0 Å². The van der Waals surface area contributed by atoms with Crippen LogP contribution in [0, 0.1) is 13.8 Å². The summed E-state index contributed by atoms with van der Waals surface area (Å²) in [6.45, 7) is 5.17. The number of halogens is 1. The fourth-order valence-corrected chi connectivity index (χ4v) is 2.19. The van der Waals surface area contributed by atoms with Crippen molar-refractivity contribution in [3.8, 4) is 0 Å². The van der Waals surface area contributed by atoms with Gasteiger partial charge in [0.15, 0.2) is 0 Å². The number of carbonyl (C=O) groups excluding carboxylic acids is 1. The first-order valence-corrected chi connectivity index (χ1v) is 7.40. The van der Waals surface area contributed by atoms with Crippen molar-refractivity contribution in [2.24, 2.45) is 5.10 Å². The Hall–Kier alpha value is -2.47. The Morgan fingerprint density at radius 1 is 1.30 bits per heavy atom. The molecule has 120 valence electrons. The number of nitrogens with zero attached hydrogens (tertiary/aromatic N) is 2. The topological polar surface area (TPSA) is 87.2 Å². The second kappa shape index (κ2) is 7.19. The Labute approximate surface area is 138 Å². The number of H-pyrrole nitrogens is 1. The van der Waals surface area contributed by atoms with Crippen LogP contribution in [0.5, 0.6) is 0 Å². The number of aromatic amines is 1. The van der Waals surface area contributed by atoms with Crippen LogP contribution in [-0.4, -0.2) is 21.6 Å². The van der Waals surface area contributed by atoms with Crippen LogP contribution in [0.15, 0.2) is 34.2 Å². The highest BCUT2D eigenvalue weighted by Gasteiger charge is 2.11. The van der Waals surface area contributed by atoms with Gasteiger partial charge in [0.2, 0.25) is 5.91 Å². The maximum atomic E-state index is 12.0. The number of aromatic nitrogens is 2. The van der Waals surface area contributed by atoms with E-state index in [0.29, 0.717) is 27.8 Å². The van der Waals surface area contributed by atoms with E-state index in [1.165, 1.54) is 0 Å². The lowest BCUT2D eigenvalue weighted by atomic mass is 10.1. The van der Waals surface area contributed by atoms with Crippen molar-refractivity contribution >= 4 is 23.2 Å². The van der Waals surface area contributed by atoms with Crippen molar-refractivity contribution in [1.82, 2.24) is 15.4 Å². The molecule has 0 saturated carbocycles. The number of hydrogen-bond acceptors (Lipinski definition) is 4. The SMILES string of the molecule is CC(=NNC(=O)Cc1c(C)nc(C)[nH]c1=O)c1ccc(Cl)cc1. The summed E-state index contributed by atoms with van der Waals surface area (Å²) < 4.78 is 0. The summed E-state index contributed by atoms with van der Waals surface area (Å²) in [5, 5.41) is 4.67. The zero-order valence-corrected chi connectivity index (χ0v) is 13.9. The average Bonchev–Trinajstić information content (AvgIpc) is 2.49. The van der Waals surface area contributed by atoms with E-state index in [1.807, 2.05) is 12.1 Å². The van der Waals surface area contributed by atoms with Crippen LogP contribution in [0.3, 0.4) is 0 Å². The summed E-state index contributed by atoms with van der Waals surface area (Å²) in [5.74, 6) is 0.144. The number of rotatable bonds is 4. The van der Waals surface area contributed by atoms with Crippen molar-refractivity contribution in [3.63, 3.8) is 0 Å². The van der Waals surface area contributed by atoms with Crippen molar-refractivity contribution in [1.29, 1.82) is 0 Å². The summed E-state index contributed by atoms with van der Waals surface area (Å²) in [6, 6.07) is 7.12. The second-order valence-corrected chi connectivity index (χ2v) is 5.57. The highest BCUT2D eigenvalue weighted by molar-refractivity contribution is 6.30. The molecule has 7 heteroatoms. The third kappa shape index (κ3) is 4.50. The molecule has 0 aliphatic rings. The molecule has 0 unspecified atom stereocenters. The van der Waals surface area contributed by atoms with Gasteiger partial charge in [0.1, 0.15) is 5.82 Å². The molecule has 6 nitrogen and oxygen atoms in total. The van der Waals surface area contributed by atoms with Crippen LogP contribution in [0.2, 0.25) is 5.02 Å². The van der Waals surface area contributed by atoms with E-state index in [-0.39, 0.29) is 17.9 Å². The van der Waals surface area contributed by atoms with Crippen molar-refractivity contribution in [3.05, 3.63) is 62.3 Å². The Bertz CT molecular complexity index is 810. The van der Waals surface area contributed by atoms with E-state index < -0.39 is 0 Å². The molecule has 2 aromatic rings. The van der Waals surface area contributed by atoms with Gasteiger partial charge in [-0.25, -0.2) is 10.4 Å². The first-order valence-electron chi connectivity index (χ1n) is 7.02. The smallest absolute Gasteiger partial charge is 0.254 e. The van der Waals surface area contributed by atoms with Gasteiger partial charge in [0.25, 0.3) is 5.56 Å². The van der Waals surface area contributed by atoms with Gasteiger partial charge in [-0.15, -0.1) is 0 Å². The summed E-state index contributed by atoms with van der Waals surface area (Å²) in [5.41, 5.74) is 4.52. The molecule has 0 aliphatic carbocycles. The molecular weight excluding hydrogens is 316 g/mol. The van der Waals surface area contributed by atoms with Crippen LogP contribution in [-0.2, 0) is 11.2 Å². The van der Waals surface area contributed by atoms with Gasteiger partial charge in [0, 0.05) is 16.3 Å². The van der Waals surface area contributed by atoms with Crippen LogP contribution < -0.4 is 11.0 Å². The lowest BCUT2D eigenvalue weighted by Crippen LogP contribution is -2.27. The lowest BCUT2D eigenvalue weighted by Gasteiger charge is -2.05. The summed E-state index contributed by atoms with van der Waals surface area (Å²) in [4.78, 5) is 30.6. The second-order valence-electron chi connectivity index (χ2n) is 5.13. The molecular formula is C16H17ClN4O2. The number of amides is 1. The van der Waals surface area contributed by atoms with E-state index in [2.05, 4.69) is 20.5 Å². The molecule has 23 heavy (non-hydrogen) atoms. The minimum absolute atomic E-state index is 0.0775. The molecule has 1 aromatic heterocycles. The van der Waals surface area contributed by atoms with E-state index in [4.69, 9.17) is 11.6 Å². The van der Waals surface area contributed by atoms with Gasteiger partial charge in [-0.2, -0.15) is 5.10 Å². The minimum Gasteiger partial charge on any atom is -0.311 e. The molecule has 1 amide bonds. The predicted octanol–water partition coefficient (Wildman–Crippen LogP) is 2.12. The molecule has 1 aromatic carbocycles. The zero-order valence-electron chi connectivity index (χ0n) is 13.1. The predicted molar refractivity (Wildman–Crippen MR) is 89.8 cm³/mol. The Kier molecular flexibility index (Phi) is 5.28. The molecule has 0 fully saturated rings. The zero-order chi connectivity index (χ0) is 17.0. The molecule has 0 saturated heterocycles. The summed E-state index contributed by atoms with van der Waals surface area (Å²) in [7, 11) is 0. The number of benzene rings is 1. The minimum atomic E-state index is -0.377. The Morgan fingerprint density at radius 2 is 1.96 bits per heavy atom. The monoisotopic (exact) mass is 332 g/mol. The van der Waals surface area contributed by atoms with Gasteiger partial charge >= 0.3 is 0 Å². The van der Waals surface area contributed by atoms with Crippen molar-refractivity contribution < 1.29 is 4.79 Å². The average molecular weight is 333 g/mol. The highest BCUT2D eigenvalue weighted by Crippen LogP contribution is 2.10. The first-order chi connectivity index (χ1) is 10.9. The molecule has 0 radical (unpaired) electrons. The normalized spacial score (nSPS) is 11.4. The summed E-state index contributed by atoms with van der Waals surface area (Å²) >= 11 is 5.83. The highest BCUT2D eigenvalue weighted by atomic mass is 35.5. The molecule has 0 atom stereocenters. The van der Waals surface area contributed by atoms with E-state index in [1.54, 1.807) is 32.9 Å². The number of carbonyl (C=O) groups is 1. The van der Waals surface area contributed by atoms with E-state index in [9.17, 15) is 9.59 Å². The number of hydrogen-bond donors (Lipinski definition) is 2.